The lowest BCUT2D eigenvalue weighted by Crippen LogP contribution is -2.21. The quantitative estimate of drug-likeness (QED) is 0.722. The van der Waals surface area contributed by atoms with Gasteiger partial charge in [0.1, 0.15) is 5.82 Å². The minimum Gasteiger partial charge on any atom is -0.292 e. The second-order valence-electron chi connectivity index (χ2n) is 5.73. The molecule has 3 heterocycles. The molecule has 130 valence electrons. The van der Waals surface area contributed by atoms with Crippen LogP contribution in [0.3, 0.4) is 0 Å². The van der Waals surface area contributed by atoms with Crippen LogP contribution < -0.4 is 10.6 Å². The monoisotopic (exact) mass is 339 g/mol. The Morgan fingerprint density at radius 3 is 2.72 bits per heavy atom. The largest absolute Gasteiger partial charge is 0.326 e. The molecule has 0 unspecified atom stereocenters. The van der Waals surface area contributed by atoms with Crippen molar-refractivity contribution in [2.75, 3.05) is 10.6 Å². The molecule has 0 spiro atoms. The summed E-state index contributed by atoms with van der Waals surface area (Å²) in [6.45, 7) is 2.71. The molecule has 8 nitrogen and oxygen atoms in total. The zero-order valence-corrected chi connectivity index (χ0v) is 14.3. The van der Waals surface area contributed by atoms with Gasteiger partial charge in [0, 0.05) is 37.8 Å². The molecule has 0 radical (unpaired) electrons. The maximum Gasteiger partial charge on any atom is 0.326 e. The van der Waals surface area contributed by atoms with Crippen molar-refractivity contribution in [1.29, 1.82) is 0 Å². The number of nitrogens with zero attached hydrogens (tertiary/aromatic N) is 5. The molecule has 8 heteroatoms. The summed E-state index contributed by atoms with van der Waals surface area (Å²) in [6, 6.07) is 7.15. The van der Waals surface area contributed by atoms with Gasteiger partial charge in [0.15, 0.2) is 5.82 Å². The first-order valence-electron chi connectivity index (χ1n) is 8.17. The van der Waals surface area contributed by atoms with Gasteiger partial charge in [-0.2, -0.15) is 10.2 Å². The van der Waals surface area contributed by atoms with Gasteiger partial charge in [0.25, 0.3) is 0 Å². The third-order valence-electron chi connectivity index (χ3n) is 3.65. The van der Waals surface area contributed by atoms with Crippen molar-refractivity contribution >= 4 is 17.7 Å². The number of anilines is 2. The molecule has 25 heavy (non-hydrogen) atoms. The zero-order chi connectivity index (χ0) is 17.6. The molecular formula is C17H21N7O. The third-order valence-corrected chi connectivity index (χ3v) is 3.65. The van der Waals surface area contributed by atoms with E-state index in [4.69, 9.17) is 0 Å². The highest BCUT2D eigenvalue weighted by Crippen LogP contribution is 2.12. The van der Waals surface area contributed by atoms with E-state index in [0.717, 1.165) is 24.1 Å². The number of aryl methyl sites for hydroxylation is 2. The number of hydrogen-bond acceptors (Lipinski definition) is 4. The number of pyridine rings is 1. The first-order chi connectivity index (χ1) is 12.1. The fourth-order valence-corrected chi connectivity index (χ4v) is 2.48. The number of carbonyl (C=O) groups is 1. The molecule has 0 saturated heterocycles. The summed E-state index contributed by atoms with van der Waals surface area (Å²) in [5.74, 6) is 1.14. The Morgan fingerprint density at radius 2 is 1.96 bits per heavy atom. The number of urea groups is 1. The Morgan fingerprint density at radius 1 is 1.16 bits per heavy atom. The second-order valence-corrected chi connectivity index (χ2v) is 5.73. The van der Waals surface area contributed by atoms with Crippen LogP contribution in [-0.4, -0.2) is 30.6 Å². The van der Waals surface area contributed by atoms with E-state index in [-0.39, 0.29) is 6.03 Å². The van der Waals surface area contributed by atoms with Crippen LogP contribution in [0, 0.1) is 0 Å². The predicted octanol–water partition coefficient (Wildman–Crippen LogP) is 2.66. The molecule has 0 bridgehead atoms. The van der Waals surface area contributed by atoms with Crippen molar-refractivity contribution in [3.8, 4) is 0 Å². The first kappa shape index (κ1) is 16.7. The van der Waals surface area contributed by atoms with Gasteiger partial charge in [-0.3, -0.25) is 25.0 Å². The molecule has 0 aliphatic carbocycles. The van der Waals surface area contributed by atoms with Crippen LogP contribution in [0.5, 0.6) is 0 Å². The predicted molar refractivity (Wildman–Crippen MR) is 95.4 cm³/mol. The summed E-state index contributed by atoms with van der Waals surface area (Å²) in [5.41, 5.74) is 2.05. The van der Waals surface area contributed by atoms with Crippen LogP contribution in [-0.2, 0) is 20.0 Å². The minimum absolute atomic E-state index is 0.347. The summed E-state index contributed by atoms with van der Waals surface area (Å²) < 4.78 is 3.42. The fourth-order valence-electron chi connectivity index (χ4n) is 2.48. The number of amides is 2. The molecule has 0 atom stereocenters. The van der Waals surface area contributed by atoms with E-state index < -0.39 is 0 Å². The highest BCUT2D eigenvalue weighted by atomic mass is 16.2. The lowest BCUT2D eigenvalue weighted by molar-refractivity contribution is 0.262. The standard InChI is InChI=1S/C17H21N7O/c1-3-4-14-11-16(23(2)21-14)20-17(25)19-15-7-10-24(22-15)12-13-5-8-18-9-6-13/h5-11H,3-4,12H2,1-2H3,(H2,19,20,22,25). The molecule has 3 aromatic heterocycles. The van der Waals surface area contributed by atoms with E-state index in [9.17, 15) is 4.79 Å². The Balaban J connectivity index is 1.58. The van der Waals surface area contributed by atoms with Crippen LogP contribution in [0.15, 0.2) is 42.9 Å². The molecule has 2 N–H and O–H groups in total. The molecule has 0 aromatic carbocycles. The topological polar surface area (TPSA) is 89.7 Å². The number of rotatable bonds is 6. The highest BCUT2D eigenvalue weighted by Gasteiger charge is 2.10. The maximum atomic E-state index is 12.1. The van der Waals surface area contributed by atoms with Gasteiger partial charge in [-0.1, -0.05) is 13.3 Å². The summed E-state index contributed by atoms with van der Waals surface area (Å²) in [5, 5.41) is 14.2. The summed E-state index contributed by atoms with van der Waals surface area (Å²) in [4.78, 5) is 16.1. The molecule has 0 fully saturated rings. The van der Waals surface area contributed by atoms with E-state index in [1.54, 1.807) is 34.9 Å². The SMILES string of the molecule is CCCc1cc(NC(=O)Nc2ccn(Cc3ccncc3)n2)n(C)n1. The molecule has 0 aliphatic heterocycles. The molecule has 0 aliphatic rings. The maximum absolute atomic E-state index is 12.1. The van der Waals surface area contributed by atoms with Crippen molar-refractivity contribution in [2.24, 2.45) is 7.05 Å². The lowest BCUT2D eigenvalue weighted by Gasteiger charge is -2.05. The number of hydrogen-bond donors (Lipinski definition) is 2. The van der Waals surface area contributed by atoms with Crippen molar-refractivity contribution in [2.45, 2.75) is 26.3 Å². The smallest absolute Gasteiger partial charge is 0.292 e. The van der Waals surface area contributed by atoms with E-state index >= 15 is 0 Å². The molecule has 3 rings (SSSR count). The normalized spacial score (nSPS) is 10.6. The lowest BCUT2D eigenvalue weighted by atomic mass is 10.2. The van der Waals surface area contributed by atoms with Gasteiger partial charge in [0.2, 0.25) is 0 Å². The van der Waals surface area contributed by atoms with Crippen LogP contribution in [0.4, 0.5) is 16.4 Å². The van der Waals surface area contributed by atoms with Crippen molar-refractivity contribution in [1.82, 2.24) is 24.5 Å². The highest BCUT2D eigenvalue weighted by molar-refractivity contribution is 5.98. The Hall–Kier alpha value is -3.16. The van der Waals surface area contributed by atoms with Crippen molar-refractivity contribution < 1.29 is 4.79 Å². The van der Waals surface area contributed by atoms with Crippen LogP contribution in [0.25, 0.3) is 0 Å². The van der Waals surface area contributed by atoms with Crippen LogP contribution >= 0.6 is 0 Å². The van der Waals surface area contributed by atoms with Gasteiger partial charge in [-0.25, -0.2) is 4.79 Å². The summed E-state index contributed by atoms with van der Waals surface area (Å²) in [6.07, 6.45) is 7.20. The Bertz CT molecular complexity index is 838. The van der Waals surface area contributed by atoms with Crippen molar-refractivity contribution in [3.05, 3.63) is 54.1 Å². The third kappa shape index (κ3) is 4.43. The molecule has 0 saturated carbocycles. The van der Waals surface area contributed by atoms with Gasteiger partial charge >= 0.3 is 6.03 Å². The summed E-state index contributed by atoms with van der Waals surface area (Å²) >= 11 is 0. The van der Waals surface area contributed by atoms with E-state index in [0.29, 0.717) is 18.2 Å². The zero-order valence-electron chi connectivity index (χ0n) is 14.3. The number of carbonyl (C=O) groups excluding carboxylic acids is 1. The average Bonchev–Trinajstić information content (AvgIpc) is 3.15. The van der Waals surface area contributed by atoms with Gasteiger partial charge in [-0.15, -0.1) is 0 Å². The molecule has 2 amide bonds. The van der Waals surface area contributed by atoms with Gasteiger partial charge in [0.05, 0.1) is 12.2 Å². The van der Waals surface area contributed by atoms with Crippen LogP contribution in [0.1, 0.15) is 24.6 Å². The van der Waals surface area contributed by atoms with Gasteiger partial charge < -0.3 is 0 Å². The number of aromatic nitrogens is 5. The molecular weight excluding hydrogens is 318 g/mol. The Labute approximate surface area is 145 Å². The first-order valence-corrected chi connectivity index (χ1v) is 8.17. The minimum atomic E-state index is -0.347. The molecule has 3 aromatic rings. The van der Waals surface area contributed by atoms with E-state index in [2.05, 4.69) is 32.7 Å². The Kier molecular flexibility index (Phi) is 5.08. The van der Waals surface area contributed by atoms with E-state index in [1.807, 2.05) is 24.4 Å². The van der Waals surface area contributed by atoms with Crippen LogP contribution in [0.2, 0.25) is 0 Å². The summed E-state index contributed by atoms with van der Waals surface area (Å²) in [7, 11) is 1.80. The second kappa shape index (κ2) is 7.61. The van der Waals surface area contributed by atoms with Gasteiger partial charge in [-0.05, 0) is 24.1 Å². The fraction of sp³-hybridized carbons (Fsp3) is 0.294. The van der Waals surface area contributed by atoms with Crippen molar-refractivity contribution in [3.63, 3.8) is 0 Å². The average molecular weight is 339 g/mol. The number of nitrogens with one attached hydrogen (secondary N) is 2. The van der Waals surface area contributed by atoms with E-state index in [1.165, 1.54) is 0 Å².